The molecule has 3 aromatic rings. The summed E-state index contributed by atoms with van der Waals surface area (Å²) in [6, 6.07) is 16.0. The van der Waals surface area contributed by atoms with E-state index in [9.17, 15) is 0 Å². The number of quaternary nitrogens is 1. The number of rotatable bonds is 6. The Bertz CT molecular complexity index is 1010. The number of likely N-dealkylation sites (tertiary alicyclic amines) is 1. The largest absolute Gasteiger partial charge is 0.493 e. The minimum absolute atomic E-state index is 0.666. The van der Waals surface area contributed by atoms with E-state index in [1.807, 2.05) is 45.6 Å². The van der Waals surface area contributed by atoms with Crippen LogP contribution in [-0.2, 0) is 6.67 Å². The van der Waals surface area contributed by atoms with Crippen molar-refractivity contribution in [2.45, 2.75) is 19.5 Å². The zero-order chi connectivity index (χ0) is 19.5. The molecule has 4 rings (SSSR count). The summed E-state index contributed by atoms with van der Waals surface area (Å²) in [7, 11) is 3.27. The summed E-state index contributed by atoms with van der Waals surface area (Å²) in [5, 5.41) is 4.90. The van der Waals surface area contributed by atoms with Crippen LogP contribution in [0.4, 0.5) is 0 Å². The van der Waals surface area contributed by atoms with Crippen molar-refractivity contribution in [3.8, 4) is 28.6 Å². The molecule has 1 aromatic heterocycles. The average molecular weight is 398 g/mol. The fraction of sp³-hybridized carbons (Fsp3) is 0.333. The van der Waals surface area contributed by atoms with Gasteiger partial charge in [0.1, 0.15) is 0 Å². The zero-order valence-electron chi connectivity index (χ0n) is 16.2. The number of methoxy groups -OCH3 is 2. The Balaban J connectivity index is 1.84. The maximum absolute atomic E-state index is 5.85. The summed E-state index contributed by atoms with van der Waals surface area (Å²) in [5.74, 6) is 2.18. The van der Waals surface area contributed by atoms with Crippen LogP contribution in [0.2, 0.25) is 0 Å². The maximum atomic E-state index is 5.85. The van der Waals surface area contributed by atoms with E-state index in [1.54, 1.807) is 14.2 Å². The van der Waals surface area contributed by atoms with Crippen molar-refractivity contribution in [1.29, 1.82) is 0 Å². The molecule has 0 radical (unpaired) electrons. The van der Waals surface area contributed by atoms with Crippen LogP contribution >= 0.6 is 12.2 Å². The first-order valence-corrected chi connectivity index (χ1v) is 9.93. The SMILES string of the molecule is COc1ccc(-n2c(-c3ccccc3)nn(C[NH+]3CCCC3)c2=S)cc1OC. The molecule has 0 bridgehead atoms. The molecule has 0 atom stereocenters. The quantitative estimate of drug-likeness (QED) is 0.650. The molecule has 1 fully saturated rings. The topological polar surface area (TPSA) is 45.7 Å². The normalized spacial score (nSPS) is 14.4. The molecule has 0 saturated carbocycles. The Morgan fingerprint density at radius 2 is 1.71 bits per heavy atom. The molecule has 0 unspecified atom stereocenters. The highest BCUT2D eigenvalue weighted by molar-refractivity contribution is 7.71. The third-order valence-electron chi connectivity index (χ3n) is 5.18. The van der Waals surface area contributed by atoms with Gasteiger partial charge in [-0.25, -0.2) is 0 Å². The van der Waals surface area contributed by atoms with E-state index in [-0.39, 0.29) is 0 Å². The first-order chi connectivity index (χ1) is 13.7. The molecule has 1 aliphatic heterocycles. The van der Waals surface area contributed by atoms with Crippen LogP contribution in [0.3, 0.4) is 0 Å². The first-order valence-electron chi connectivity index (χ1n) is 9.52. The highest BCUT2D eigenvalue weighted by atomic mass is 32.1. The van der Waals surface area contributed by atoms with Crippen LogP contribution in [0.15, 0.2) is 48.5 Å². The van der Waals surface area contributed by atoms with Crippen molar-refractivity contribution in [2.24, 2.45) is 0 Å². The van der Waals surface area contributed by atoms with Crippen LogP contribution in [0.25, 0.3) is 17.1 Å². The van der Waals surface area contributed by atoms with Gasteiger partial charge in [-0.05, 0) is 24.4 Å². The lowest BCUT2D eigenvalue weighted by Crippen LogP contribution is -3.09. The van der Waals surface area contributed by atoms with E-state index in [1.165, 1.54) is 30.8 Å². The van der Waals surface area contributed by atoms with Crippen molar-refractivity contribution in [1.82, 2.24) is 14.3 Å². The molecule has 1 aliphatic rings. The fourth-order valence-electron chi connectivity index (χ4n) is 3.73. The summed E-state index contributed by atoms with van der Waals surface area (Å²) < 4.78 is 15.5. The Morgan fingerprint density at radius 3 is 2.39 bits per heavy atom. The summed E-state index contributed by atoms with van der Waals surface area (Å²) in [4.78, 5) is 1.52. The van der Waals surface area contributed by atoms with E-state index in [4.69, 9.17) is 26.8 Å². The van der Waals surface area contributed by atoms with Gasteiger partial charge in [-0.2, -0.15) is 4.68 Å². The average Bonchev–Trinajstić information content (AvgIpc) is 3.36. The molecule has 6 nitrogen and oxygen atoms in total. The number of nitrogens with zero attached hydrogens (tertiary/aromatic N) is 3. The number of nitrogens with one attached hydrogen (secondary N) is 1. The Hall–Kier alpha value is -2.64. The van der Waals surface area contributed by atoms with Gasteiger partial charge >= 0.3 is 0 Å². The lowest BCUT2D eigenvalue weighted by molar-refractivity contribution is -0.911. The monoisotopic (exact) mass is 397 g/mol. The molecular weight excluding hydrogens is 372 g/mol. The maximum Gasteiger partial charge on any atom is 0.207 e. The van der Waals surface area contributed by atoms with Crippen LogP contribution in [-0.4, -0.2) is 41.7 Å². The van der Waals surface area contributed by atoms with Gasteiger partial charge in [0.2, 0.25) is 4.77 Å². The minimum Gasteiger partial charge on any atom is -0.493 e. The molecule has 0 amide bonds. The number of aromatic nitrogens is 3. The second-order valence-electron chi connectivity index (χ2n) is 6.96. The first kappa shape index (κ1) is 18.7. The second kappa shape index (κ2) is 8.16. The van der Waals surface area contributed by atoms with Crippen molar-refractivity contribution in [3.05, 3.63) is 53.3 Å². The third kappa shape index (κ3) is 3.55. The zero-order valence-corrected chi connectivity index (χ0v) is 17.0. The number of ether oxygens (including phenoxy) is 2. The molecule has 0 spiro atoms. The smallest absolute Gasteiger partial charge is 0.207 e. The van der Waals surface area contributed by atoms with Crippen LogP contribution in [0.1, 0.15) is 12.8 Å². The second-order valence-corrected chi connectivity index (χ2v) is 7.33. The predicted octanol–water partition coefficient (Wildman–Crippen LogP) is 2.72. The van der Waals surface area contributed by atoms with Crippen molar-refractivity contribution in [3.63, 3.8) is 0 Å². The third-order valence-corrected chi connectivity index (χ3v) is 5.57. The molecule has 28 heavy (non-hydrogen) atoms. The molecule has 2 aromatic carbocycles. The van der Waals surface area contributed by atoms with Gasteiger partial charge in [-0.15, -0.1) is 5.10 Å². The van der Waals surface area contributed by atoms with E-state index < -0.39 is 0 Å². The Kier molecular flexibility index (Phi) is 5.45. The van der Waals surface area contributed by atoms with Gasteiger partial charge in [0.05, 0.1) is 33.0 Å². The lowest BCUT2D eigenvalue weighted by Gasteiger charge is -2.12. The summed E-state index contributed by atoms with van der Waals surface area (Å²) >= 11 is 5.85. The lowest BCUT2D eigenvalue weighted by atomic mass is 10.2. The predicted molar refractivity (Wildman–Crippen MR) is 111 cm³/mol. The summed E-state index contributed by atoms with van der Waals surface area (Å²) in [6.45, 7) is 3.14. The van der Waals surface area contributed by atoms with E-state index in [0.717, 1.165) is 23.7 Å². The standard InChI is InChI=1S/C21H24N4O2S/c1-26-18-11-10-17(14-19(18)27-2)25-20(16-8-4-3-5-9-16)22-24(21(25)28)15-23-12-6-7-13-23/h3-5,8-11,14H,6-7,12-13,15H2,1-2H3/p+1. The molecule has 146 valence electrons. The van der Waals surface area contributed by atoms with Crippen molar-refractivity contribution < 1.29 is 14.4 Å². The van der Waals surface area contributed by atoms with Crippen molar-refractivity contribution in [2.75, 3.05) is 27.3 Å². The highest BCUT2D eigenvalue weighted by Gasteiger charge is 2.21. The number of hydrogen-bond donors (Lipinski definition) is 1. The van der Waals surface area contributed by atoms with E-state index >= 15 is 0 Å². The molecule has 7 heteroatoms. The van der Waals surface area contributed by atoms with E-state index in [2.05, 4.69) is 12.1 Å². The number of hydrogen-bond acceptors (Lipinski definition) is 4. The van der Waals surface area contributed by atoms with Crippen LogP contribution in [0, 0.1) is 4.77 Å². The van der Waals surface area contributed by atoms with Gasteiger partial charge in [-0.3, -0.25) is 4.57 Å². The molecular formula is C21H25N4O2S+. The minimum atomic E-state index is 0.666. The Labute approximate surface area is 169 Å². The molecule has 1 saturated heterocycles. The van der Waals surface area contributed by atoms with Gasteiger partial charge in [-0.1, -0.05) is 30.3 Å². The molecule has 2 heterocycles. The van der Waals surface area contributed by atoms with E-state index in [0.29, 0.717) is 16.3 Å². The fourth-order valence-corrected chi connectivity index (χ4v) is 4.02. The molecule has 0 aliphatic carbocycles. The molecule has 1 N–H and O–H groups in total. The van der Waals surface area contributed by atoms with Gasteiger partial charge < -0.3 is 14.4 Å². The van der Waals surface area contributed by atoms with Crippen LogP contribution in [0.5, 0.6) is 11.5 Å². The Morgan fingerprint density at radius 1 is 1.00 bits per heavy atom. The van der Waals surface area contributed by atoms with Gasteiger partial charge in [0, 0.05) is 24.5 Å². The summed E-state index contributed by atoms with van der Waals surface area (Å²) in [5.41, 5.74) is 1.93. The van der Waals surface area contributed by atoms with Crippen molar-refractivity contribution >= 4 is 12.2 Å². The van der Waals surface area contributed by atoms with Gasteiger partial charge in [0.15, 0.2) is 24.0 Å². The highest BCUT2D eigenvalue weighted by Crippen LogP contribution is 2.31. The van der Waals surface area contributed by atoms with Crippen LogP contribution < -0.4 is 14.4 Å². The summed E-state index contributed by atoms with van der Waals surface area (Å²) in [6.07, 6.45) is 2.54. The van der Waals surface area contributed by atoms with Gasteiger partial charge in [0.25, 0.3) is 0 Å². The number of benzene rings is 2.